The predicted octanol–water partition coefficient (Wildman–Crippen LogP) is 3.73. The third-order valence-electron chi connectivity index (χ3n) is 4.02. The van der Waals surface area contributed by atoms with Crippen LogP contribution in [-0.4, -0.2) is 30.6 Å². The van der Waals surface area contributed by atoms with E-state index in [0.717, 1.165) is 12.5 Å². The maximum atomic E-state index is 11.9. The minimum atomic E-state index is -0.220. The Labute approximate surface area is 128 Å². The molecule has 1 heterocycles. The second-order valence-corrected chi connectivity index (χ2v) is 6.65. The van der Waals surface area contributed by atoms with Crippen LogP contribution < -0.4 is 0 Å². The number of rotatable bonds is 5. The Balaban J connectivity index is 1.85. The normalized spacial score (nSPS) is 17.1. The van der Waals surface area contributed by atoms with E-state index in [2.05, 4.69) is 11.8 Å². The Morgan fingerprint density at radius 2 is 1.86 bits per heavy atom. The Bertz CT molecular complexity index is 445. The largest absolute Gasteiger partial charge is 0.462 e. The van der Waals surface area contributed by atoms with Crippen molar-refractivity contribution >= 4 is 5.97 Å². The van der Waals surface area contributed by atoms with Crippen molar-refractivity contribution in [1.29, 1.82) is 0 Å². The van der Waals surface area contributed by atoms with Crippen molar-refractivity contribution < 1.29 is 9.53 Å². The molecule has 2 rings (SSSR count). The zero-order valence-corrected chi connectivity index (χ0v) is 13.5. The minimum Gasteiger partial charge on any atom is -0.462 e. The first-order valence-electron chi connectivity index (χ1n) is 8.03. The van der Waals surface area contributed by atoms with Gasteiger partial charge in [-0.15, -0.1) is 0 Å². The third kappa shape index (κ3) is 5.16. The molecule has 0 N–H and O–H groups in total. The highest BCUT2D eigenvalue weighted by Gasteiger charge is 2.16. The Morgan fingerprint density at radius 1 is 1.24 bits per heavy atom. The van der Waals surface area contributed by atoms with Crippen LogP contribution in [-0.2, 0) is 11.3 Å². The van der Waals surface area contributed by atoms with Crippen LogP contribution in [0.2, 0.25) is 0 Å². The lowest BCUT2D eigenvalue weighted by Gasteiger charge is -2.30. The average Bonchev–Trinajstić information content (AvgIpc) is 2.48. The molecular weight excluding hydrogens is 262 g/mol. The molecule has 21 heavy (non-hydrogen) atoms. The van der Waals surface area contributed by atoms with Gasteiger partial charge in [-0.1, -0.05) is 32.9 Å². The van der Waals surface area contributed by atoms with Crippen LogP contribution in [0.4, 0.5) is 0 Å². The molecule has 0 bridgehead atoms. The fraction of sp³-hybridized carbons (Fsp3) is 0.611. The minimum absolute atomic E-state index is 0.220. The number of benzene rings is 1. The molecule has 1 aliphatic rings. The zero-order chi connectivity index (χ0) is 15.2. The highest BCUT2D eigenvalue weighted by atomic mass is 16.5. The second kappa shape index (κ2) is 7.60. The summed E-state index contributed by atoms with van der Waals surface area (Å²) in [4.78, 5) is 14.3. The van der Waals surface area contributed by atoms with E-state index in [9.17, 15) is 4.79 Å². The maximum absolute atomic E-state index is 11.9. The van der Waals surface area contributed by atoms with E-state index in [1.807, 2.05) is 38.1 Å². The molecule has 1 aromatic carbocycles. The predicted molar refractivity (Wildman–Crippen MR) is 85.2 cm³/mol. The van der Waals surface area contributed by atoms with Crippen LogP contribution in [0.25, 0.3) is 0 Å². The Kier molecular flexibility index (Phi) is 5.80. The van der Waals surface area contributed by atoms with Crippen LogP contribution >= 0.6 is 0 Å². The summed E-state index contributed by atoms with van der Waals surface area (Å²) in [6.07, 6.45) is 2.58. The van der Waals surface area contributed by atoms with E-state index in [1.165, 1.54) is 31.5 Å². The van der Waals surface area contributed by atoms with Crippen molar-refractivity contribution in [3.8, 4) is 0 Å². The first-order valence-corrected chi connectivity index (χ1v) is 8.03. The molecule has 1 fully saturated rings. The van der Waals surface area contributed by atoms with Crippen molar-refractivity contribution in [2.45, 2.75) is 40.2 Å². The summed E-state index contributed by atoms with van der Waals surface area (Å²) in [6, 6.07) is 7.85. The number of piperidine rings is 1. The summed E-state index contributed by atoms with van der Waals surface area (Å²) in [5.41, 5.74) is 1.91. The summed E-state index contributed by atoms with van der Waals surface area (Å²) in [6.45, 7) is 10.2. The highest BCUT2D eigenvalue weighted by Crippen LogP contribution is 2.18. The van der Waals surface area contributed by atoms with Crippen LogP contribution in [0.1, 0.15) is 49.5 Å². The van der Waals surface area contributed by atoms with Gasteiger partial charge in [0.05, 0.1) is 12.2 Å². The van der Waals surface area contributed by atoms with E-state index in [4.69, 9.17) is 4.74 Å². The Hall–Kier alpha value is -1.35. The Morgan fingerprint density at radius 3 is 2.43 bits per heavy atom. The lowest BCUT2D eigenvalue weighted by atomic mass is 9.99. The van der Waals surface area contributed by atoms with E-state index in [0.29, 0.717) is 18.1 Å². The van der Waals surface area contributed by atoms with Gasteiger partial charge in [-0.3, -0.25) is 4.90 Å². The molecule has 0 saturated carbocycles. The van der Waals surface area contributed by atoms with Gasteiger partial charge in [0.2, 0.25) is 0 Å². The van der Waals surface area contributed by atoms with Gasteiger partial charge >= 0.3 is 5.97 Å². The fourth-order valence-electron chi connectivity index (χ4n) is 2.55. The van der Waals surface area contributed by atoms with Gasteiger partial charge in [0, 0.05) is 6.54 Å². The summed E-state index contributed by atoms with van der Waals surface area (Å²) < 4.78 is 5.24. The maximum Gasteiger partial charge on any atom is 0.338 e. The molecule has 1 aromatic rings. The van der Waals surface area contributed by atoms with Gasteiger partial charge in [0.25, 0.3) is 0 Å². The van der Waals surface area contributed by atoms with E-state index >= 15 is 0 Å². The van der Waals surface area contributed by atoms with E-state index in [1.54, 1.807) is 0 Å². The van der Waals surface area contributed by atoms with Crippen LogP contribution in [0.15, 0.2) is 24.3 Å². The average molecular weight is 289 g/mol. The van der Waals surface area contributed by atoms with Crippen molar-refractivity contribution in [2.24, 2.45) is 11.8 Å². The highest BCUT2D eigenvalue weighted by molar-refractivity contribution is 5.89. The summed E-state index contributed by atoms with van der Waals surface area (Å²) in [7, 11) is 0. The van der Waals surface area contributed by atoms with Gasteiger partial charge in [-0.25, -0.2) is 4.79 Å². The summed E-state index contributed by atoms with van der Waals surface area (Å²) >= 11 is 0. The first-order chi connectivity index (χ1) is 10.0. The molecule has 116 valence electrons. The SMILES string of the molecule is CC(C)COC(=O)c1ccc(CN2CCC(C)CC2)cc1. The number of esters is 1. The molecule has 0 amide bonds. The smallest absolute Gasteiger partial charge is 0.338 e. The van der Waals surface area contributed by atoms with Crippen molar-refractivity contribution in [2.75, 3.05) is 19.7 Å². The van der Waals surface area contributed by atoms with Gasteiger partial charge in [-0.05, 0) is 55.5 Å². The van der Waals surface area contributed by atoms with Gasteiger partial charge in [0.15, 0.2) is 0 Å². The van der Waals surface area contributed by atoms with E-state index in [-0.39, 0.29) is 5.97 Å². The number of ether oxygens (including phenoxy) is 1. The number of nitrogens with zero attached hydrogens (tertiary/aromatic N) is 1. The number of carbonyl (C=O) groups is 1. The van der Waals surface area contributed by atoms with Gasteiger partial charge in [-0.2, -0.15) is 0 Å². The molecule has 0 aliphatic carbocycles. The first kappa shape index (κ1) is 16.0. The van der Waals surface area contributed by atoms with Crippen molar-refractivity contribution in [3.63, 3.8) is 0 Å². The number of hydrogen-bond donors (Lipinski definition) is 0. The summed E-state index contributed by atoms with van der Waals surface area (Å²) in [5, 5.41) is 0. The molecule has 1 saturated heterocycles. The third-order valence-corrected chi connectivity index (χ3v) is 4.02. The number of hydrogen-bond acceptors (Lipinski definition) is 3. The van der Waals surface area contributed by atoms with Gasteiger partial charge < -0.3 is 4.74 Å². The topological polar surface area (TPSA) is 29.5 Å². The molecular formula is C18H27NO2. The van der Waals surface area contributed by atoms with Gasteiger partial charge in [0.1, 0.15) is 0 Å². The number of likely N-dealkylation sites (tertiary alicyclic amines) is 1. The molecule has 0 atom stereocenters. The lowest BCUT2D eigenvalue weighted by Crippen LogP contribution is -2.32. The molecule has 3 heteroatoms. The van der Waals surface area contributed by atoms with Crippen molar-refractivity contribution in [1.82, 2.24) is 4.90 Å². The van der Waals surface area contributed by atoms with Crippen LogP contribution in [0, 0.1) is 11.8 Å². The standard InChI is InChI=1S/C18H27NO2/c1-14(2)13-21-18(20)17-6-4-16(5-7-17)12-19-10-8-15(3)9-11-19/h4-7,14-15H,8-13H2,1-3H3. The lowest BCUT2D eigenvalue weighted by molar-refractivity contribution is 0.0459. The van der Waals surface area contributed by atoms with Crippen molar-refractivity contribution in [3.05, 3.63) is 35.4 Å². The molecule has 0 radical (unpaired) electrons. The zero-order valence-electron chi connectivity index (χ0n) is 13.5. The molecule has 0 aromatic heterocycles. The summed E-state index contributed by atoms with van der Waals surface area (Å²) in [5.74, 6) is 1.01. The van der Waals surface area contributed by atoms with Crippen LogP contribution in [0.5, 0.6) is 0 Å². The second-order valence-electron chi connectivity index (χ2n) is 6.65. The number of carbonyl (C=O) groups excluding carboxylic acids is 1. The van der Waals surface area contributed by atoms with E-state index < -0.39 is 0 Å². The molecule has 3 nitrogen and oxygen atoms in total. The van der Waals surface area contributed by atoms with Crippen LogP contribution in [0.3, 0.4) is 0 Å². The molecule has 0 unspecified atom stereocenters. The molecule has 1 aliphatic heterocycles. The monoisotopic (exact) mass is 289 g/mol. The quantitative estimate of drug-likeness (QED) is 0.774. The fourth-order valence-corrected chi connectivity index (χ4v) is 2.55. The molecule has 0 spiro atoms.